The molecule has 3 aromatic rings. The molecule has 0 amide bonds. The van der Waals surface area contributed by atoms with Gasteiger partial charge in [-0.3, -0.25) is 14.8 Å². The second-order valence-corrected chi connectivity index (χ2v) is 7.40. The van der Waals surface area contributed by atoms with E-state index >= 15 is 0 Å². The Kier molecular flexibility index (Phi) is 3.89. The van der Waals surface area contributed by atoms with Crippen LogP contribution in [0.1, 0.15) is 30.5 Å². The number of fused-ring (bicyclic) bond motifs is 3. The van der Waals surface area contributed by atoms with Gasteiger partial charge in [0.15, 0.2) is 0 Å². The summed E-state index contributed by atoms with van der Waals surface area (Å²) in [6.07, 6.45) is 0.813. The minimum absolute atomic E-state index is 0.0358. The summed E-state index contributed by atoms with van der Waals surface area (Å²) in [7, 11) is 0. The lowest BCUT2D eigenvalue weighted by atomic mass is 9.72. The molecule has 0 bridgehead atoms. The van der Waals surface area contributed by atoms with E-state index in [4.69, 9.17) is 10.8 Å². The fourth-order valence-corrected chi connectivity index (χ4v) is 3.85. The average molecular weight is 346 g/mol. The second kappa shape index (κ2) is 6.11. The topological polar surface area (TPSA) is 72.9 Å². The Labute approximate surface area is 152 Å². The zero-order valence-electron chi connectivity index (χ0n) is 15.0. The van der Waals surface area contributed by atoms with Gasteiger partial charge in [0.25, 0.3) is 5.56 Å². The van der Waals surface area contributed by atoms with Crippen LogP contribution in [0.25, 0.3) is 11.3 Å². The summed E-state index contributed by atoms with van der Waals surface area (Å²) in [5.41, 5.74) is 7.03. The van der Waals surface area contributed by atoms with Crippen LogP contribution in [0.4, 0.5) is 5.95 Å². The molecular weight excluding hydrogens is 324 g/mol. The summed E-state index contributed by atoms with van der Waals surface area (Å²) >= 11 is 0. The van der Waals surface area contributed by atoms with E-state index in [-0.39, 0.29) is 11.0 Å². The molecule has 2 aromatic carbocycles. The minimum atomic E-state index is -0.292. The van der Waals surface area contributed by atoms with Gasteiger partial charge in [-0.1, -0.05) is 68.4 Å². The summed E-state index contributed by atoms with van der Waals surface area (Å²) in [4.78, 5) is 18.2. The van der Waals surface area contributed by atoms with Crippen LogP contribution in [0.2, 0.25) is 0 Å². The molecule has 0 spiro atoms. The third kappa shape index (κ3) is 2.61. The van der Waals surface area contributed by atoms with Crippen molar-refractivity contribution in [3.05, 3.63) is 81.6 Å². The van der Waals surface area contributed by atoms with Gasteiger partial charge in [0.2, 0.25) is 5.95 Å². The SMILES string of the molecule is CC1(C)Cc2ccccc2-c2nc(NN)n(Cc3ccccc3)c(=O)c21. The van der Waals surface area contributed by atoms with Crippen molar-refractivity contribution < 1.29 is 0 Å². The maximum atomic E-state index is 13.5. The fourth-order valence-electron chi connectivity index (χ4n) is 3.85. The number of nitrogens with one attached hydrogen (secondary N) is 1. The highest BCUT2D eigenvalue weighted by Gasteiger charge is 2.36. The summed E-state index contributed by atoms with van der Waals surface area (Å²) in [6.45, 7) is 4.64. The lowest BCUT2D eigenvalue weighted by Gasteiger charge is -2.33. The molecule has 0 saturated carbocycles. The monoisotopic (exact) mass is 346 g/mol. The largest absolute Gasteiger partial charge is 0.294 e. The molecule has 1 aliphatic carbocycles. The molecule has 1 heterocycles. The van der Waals surface area contributed by atoms with Crippen molar-refractivity contribution in [2.24, 2.45) is 5.84 Å². The van der Waals surface area contributed by atoms with E-state index in [1.807, 2.05) is 48.5 Å². The summed E-state index contributed by atoms with van der Waals surface area (Å²) in [5.74, 6) is 6.10. The number of hydrogen-bond acceptors (Lipinski definition) is 4. The number of nitrogens with zero attached hydrogens (tertiary/aromatic N) is 2. The predicted octanol–water partition coefficient (Wildman–Crippen LogP) is 3.08. The van der Waals surface area contributed by atoms with Crippen LogP contribution < -0.4 is 16.8 Å². The Hall–Kier alpha value is -2.92. The quantitative estimate of drug-likeness (QED) is 0.565. The Morgan fingerprint density at radius 3 is 2.54 bits per heavy atom. The predicted molar refractivity (Wildman–Crippen MR) is 104 cm³/mol. The average Bonchev–Trinajstić information content (AvgIpc) is 2.63. The van der Waals surface area contributed by atoms with Gasteiger partial charge < -0.3 is 0 Å². The maximum Gasteiger partial charge on any atom is 0.259 e. The van der Waals surface area contributed by atoms with E-state index in [0.717, 1.165) is 28.8 Å². The molecule has 1 aromatic heterocycles. The van der Waals surface area contributed by atoms with Crippen molar-refractivity contribution in [3.8, 4) is 11.3 Å². The van der Waals surface area contributed by atoms with E-state index in [1.165, 1.54) is 5.56 Å². The van der Waals surface area contributed by atoms with Gasteiger partial charge in [0, 0.05) is 16.5 Å². The van der Waals surface area contributed by atoms with E-state index in [0.29, 0.717) is 12.5 Å². The van der Waals surface area contributed by atoms with Gasteiger partial charge in [0.05, 0.1) is 12.2 Å². The Morgan fingerprint density at radius 1 is 1.12 bits per heavy atom. The molecule has 0 aliphatic heterocycles. The van der Waals surface area contributed by atoms with Crippen LogP contribution in [0.3, 0.4) is 0 Å². The first-order valence-electron chi connectivity index (χ1n) is 8.75. The van der Waals surface area contributed by atoms with Crippen LogP contribution in [0.5, 0.6) is 0 Å². The normalized spacial score (nSPS) is 14.4. The zero-order chi connectivity index (χ0) is 18.3. The Bertz CT molecular complexity index is 1020. The van der Waals surface area contributed by atoms with E-state index in [1.54, 1.807) is 4.57 Å². The molecule has 5 nitrogen and oxygen atoms in total. The van der Waals surface area contributed by atoms with Crippen molar-refractivity contribution >= 4 is 5.95 Å². The minimum Gasteiger partial charge on any atom is -0.294 e. The highest BCUT2D eigenvalue weighted by molar-refractivity contribution is 5.72. The van der Waals surface area contributed by atoms with Gasteiger partial charge >= 0.3 is 0 Å². The molecule has 5 heteroatoms. The van der Waals surface area contributed by atoms with Gasteiger partial charge in [-0.15, -0.1) is 0 Å². The number of anilines is 1. The standard InChI is InChI=1S/C21H22N4O/c1-21(2)12-15-10-6-7-11-16(15)18-17(21)19(26)25(20(23-18)24-22)13-14-8-4-3-5-9-14/h3-11H,12-13,22H2,1-2H3,(H,23,24). The zero-order valence-corrected chi connectivity index (χ0v) is 15.0. The lowest BCUT2D eigenvalue weighted by molar-refractivity contribution is 0.499. The summed E-state index contributed by atoms with van der Waals surface area (Å²) in [5, 5.41) is 0. The molecule has 0 atom stereocenters. The van der Waals surface area contributed by atoms with Crippen LogP contribution in [0.15, 0.2) is 59.4 Å². The van der Waals surface area contributed by atoms with Gasteiger partial charge in [0.1, 0.15) is 0 Å². The number of rotatable bonds is 3. The molecule has 0 unspecified atom stereocenters. The van der Waals surface area contributed by atoms with Crippen LogP contribution in [-0.2, 0) is 18.4 Å². The molecule has 132 valence electrons. The first-order valence-corrected chi connectivity index (χ1v) is 8.75. The molecule has 0 saturated heterocycles. The van der Waals surface area contributed by atoms with Crippen LogP contribution >= 0.6 is 0 Å². The summed E-state index contributed by atoms with van der Waals surface area (Å²) < 4.78 is 1.63. The molecule has 4 rings (SSSR count). The van der Waals surface area contributed by atoms with E-state index < -0.39 is 0 Å². The number of nitrogens with two attached hydrogens (primary N) is 1. The van der Waals surface area contributed by atoms with Crippen molar-refractivity contribution in [2.45, 2.75) is 32.2 Å². The van der Waals surface area contributed by atoms with Crippen molar-refractivity contribution in [1.29, 1.82) is 0 Å². The smallest absolute Gasteiger partial charge is 0.259 e. The lowest BCUT2D eigenvalue weighted by Crippen LogP contribution is -2.39. The summed E-state index contributed by atoms with van der Waals surface area (Å²) in [6, 6.07) is 18.0. The third-order valence-corrected chi connectivity index (χ3v) is 5.06. The molecule has 0 fully saturated rings. The molecule has 1 aliphatic rings. The number of hydrogen-bond donors (Lipinski definition) is 2. The number of nitrogen functional groups attached to an aromatic ring is 1. The van der Waals surface area contributed by atoms with E-state index in [9.17, 15) is 4.79 Å². The van der Waals surface area contributed by atoms with Gasteiger partial charge in [-0.2, -0.15) is 0 Å². The third-order valence-electron chi connectivity index (χ3n) is 5.06. The number of benzene rings is 2. The Balaban J connectivity index is 1.97. The molecule has 26 heavy (non-hydrogen) atoms. The van der Waals surface area contributed by atoms with Crippen molar-refractivity contribution in [3.63, 3.8) is 0 Å². The van der Waals surface area contributed by atoms with Crippen LogP contribution in [0, 0.1) is 0 Å². The fraction of sp³-hybridized carbons (Fsp3) is 0.238. The van der Waals surface area contributed by atoms with Gasteiger partial charge in [-0.25, -0.2) is 10.8 Å². The molecule has 0 radical (unpaired) electrons. The number of aromatic nitrogens is 2. The first-order chi connectivity index (χ1) is 12.5. The molecular formula is C21H22N4O. The maximum absolute atomic E-state index is 13.5. The van der Waals surface area contributed by atoms with Crippen molar-refractivity contribution in [1.82, 2.24) is 9.55 Å². The first kappa shape index (κ1) is 16.5. The molecule has 3 N–H and O–H groups in total. The van der Waals surface area contributed by atoms with Crippen molar-refractivity contribution in [2.75, 3.05) is 5.43 Å². The second-order valence-electron chi connectivity index (χ2n) is 7.40. The highest BCUT2D eigenvalue weighted by Crippen LogP contribution is 2.40. The van der Waals surface area contributed by atoms with E-state index in [2.05, 4.69) is 25.3 Å². The highest BCUT2D eigenvalue weighted by atomic mass is 16.1. The van der Waals surface area contributed by atoms with Crippen LogP contribution in [-0.4, -0.2) is 9.55 Å². The Morgan fingerprint density at radius 2 is 1.81 bits per heavy atom. The number of hydrazine groups is 1. The van der Waals surface area contributed by atoms with Gasteiger partial charge in [-0.05, 0) is 17.5 Å².